The van der Waals surface area contributed by atoms with Crippen molar-refractivity contribution in [2.45, 2.75) is 111 Å². The SMILES string of the molecule is CC(C)C(=O)CCC1CCC2C3CCC4C[C@@](C)(O)CCC4(C)C3CCC12C. The molecule has 0 aromatic heterocycles. The summed E-state index contributed by atoms with van der Waals surface area (Å²) in [6.07, 6.45) is 13.4. The Morgan fingerprint density at radius 3 is 2.36 bits per heavy atom. The third-order valence-corrected chi connectivity index (χ3v) is 10.5. The molecule has 0 bridgehead atoms. The second-order valence-electron chi connectivity index (χ2n) is 12.3. The molecule has 0 saturated heterocycles. The third kappa shape index (κ3) is 3.30. The zero-order chi connectivity index (χ0) is 20.3. The average molecular weight is 389 g/mol. The Morgan fingerprint density at radius 2 is 1.64 bits per heavy atom. The first-order valence-electron chi connectivity index (χ1n) is 12.3. The molecule has 2 nitrogen and oxygen atoms in total. The molecule has 1 N–H and O–H groups in total. The zero-order valence-electron chi connectivity index (χ0n) is 19.1. The molecule has 160 valence electrons. The lowest BCUT2D eigenvalue weighted by atomic mass is 9.44. The Bertz CT molecular complexity index is 608. The number of fused-ring (bicyclic) bond motifs is 5. The van der Waals surface area contributed by atoms with Gasteiger partial charge in [-0.15, -0.1) is 0 Å². The summed E-state index contributed by atoms with van der Waals surface area (Å²) in [5.74, 6) is 4.79. The molecule has 7 unspecified atom stereocenters. The van der Waals surface area contributed by atoms with Crippen LogP contribution in [0.1, 0.15) is 105 Å². The predicted octanol–water partition coefficient (Wildman–Crippen LogP) is 6.40. The van der Waals surface area contributed by atoms with Crippen LogP contribution in [0.4, 0.5) is 0 Å². The highest BCUT2D eigenvalue weighted by molar-refractivity contribution is 5.80. The number of rotatable bonds is 4. The topological polar surface area (TPSA) is 37.3 Å². The van der Waals surface area contributed by atoms with Crippen molar-refractivity contribution in [2.24, 2.45) is 46.3 Å². The minimum absolute atomic E-state index is 0.194. The molecule has 4 aliphatic carbocycles. The standard InChI is InChI=1S/C26H44O2/c1-17(2)23(27)11-8-18-7-10-21-20-9-6-19-16-24(3,28)14-15-26(19,5)22(20)12-13-25(18,21)4/h17-22,28H,6-16H2,1-5H3/t18?,19?,20?,21?,22?,24-,25?,26?/m0/s1. The van der Waals surface area contributed by atoms with Gasteiger partial charge in [-0.25, -0.2) is 0 Å². The summed E-state index contributed by atoms with van der Waals surface area (Å²) in [5.41, 5.74) is 0.502. The van der Waals surface area contributed by atoms with E-state index in [1.807, 2.05) is 13.8 Å². The van der Waals surface area contributed by atoms with E-state index in [0.29, 0.717) is 16.6 Å². The molecule has 4 fully saturated rings. The fourth-order valence-corrected chi connectivity index (χ4v) is 8.62. The molecule has 28 heavy (non-hydrogen) atoms. The van der Waals surface area contributed by atoms with Crippen molar-refractivity contribution in [2.75, 3.05) is 0 Å². The summed E-state index contributed by atoms with van der Waals surface area (Å²) in [6.45, 7) is 11.3. The maximum Gasteiger partial charge on any atom is 0.135 e. The maximum atomic E-state index is 12.2. The van der Waals surface area contributed by atoms with E-state index in [1.165, 1.54) is 44.9 Å². The molecule has 4 saturated carbocycles. The zero-order valence-corrected chi connectivity index (χ0v) is 19.1. The highest BCUT2D eigenvalue weighted by Gasteiger charge is 2.60. The van der Waals surface area contributed by atoms with Crippen molar-refractivity contribution in [3.05, 3.63) is 0 Å². The Labute approximate surface area is 173 Å². The van der Waals surface area contributed by atoms with Crippen molar-refractivity contribution >= 4 is 5.78 Å². The minimum atomic E-state index is -0.429. The molecule has 0 amide bonds. The fourth-order valence-electron chi connectivity index (χ4n) is 8.62. The highest BCUT2D eigenvalue weighted by atomic mass is 16.3. The van der Waals surface area contributed by atoms with Crippen LogP contribution in [0.3, 0.4) is 0 Å². The molecule has 4 aliphatic rings. The summed E-state index contributed by atoms with van der Waals surface area (Å²) in [6, 6.07) is 0. The molecule has 0 aromatic rings. The first kappa shape index (κ1) is 20.9. The molecular formula is C26H44O2. The first-order valence-corrected chi connectivity index (χ1v) is 12.3. The molecule has 0 aromatic carbocycles. The van der Waals surface area contributed by atoms with Gasteiger partial charge in [-0.3, -0.25) is 4.79 Å². The van der Waals surface area contributed by atoms with E-state index in [4.69, 9.17) is 0 Å². The maximum absolute atomic E-state index is 12.2. The number of ketones is 1. The molecule has 0 aliphatic heterocycles. The van der Waals surface area contributed by atoms with Crippen LogP contribution >= 0.6 is 0 Å². The lowest BCUT2D eigenvalue weighted by Crippen LogP contribution is -2.55. The van der Waals surface area contributed by atoms with Gasteiger partial charge in [0, 0.05) is 12.3 Å². The van der Waals surface area contributed by atoms with Crippen molar-refractivity contribution in [3.63, 3.8) is 0 Å². The number of carbonyl (C=O) groups is 1. The number of hydrogen-bond donors (Lipinski definition) is 1. The number of carbonyl (C=O) groups excluding carboxylic acids is 1. The van der Waals surface area contributed by atoms with Gasteiger partial charge in [0.15, 0.2) is 0 Å². The largest absolute Gasteiger partial charge is 0.390 e. The van der Waals surface area contributed by atoms with Crippen molar-refractivity contribution in [3.8, 4) is 0 Å². The lowest BCUT2D eigenvalue weighted by Gasteiger charge is -2.62. The minimum Gasteiger partial charge on any atom is -0.390 e. The Kier molecular flexibility index (Phi) is 5.30. The molecule has 0 spiro atoms. The van der Waals surface area contributed by atoms with E-state index in [9.17, 15) is 9.90 Å². The molecule has 4 rings (SSSR count). The van der Waals surface area contributed by atoms with Crippen molar-refractivity contribution in [1.82, 2.24) is 0 Å². The monoisotopic (exact) mass is 388 g/mol. The quantitative estimate of drug-likeness (QED) is 0.605. The summed E-state index contributed by atoms with van der Waals surface area (Å²) in [5, 5.41) is 10.7. The first-order chi connectivity index (χ1) is 13.1. The van der Waals surface area contributed by atoms with Crippen LogP contribution < -0.4 is 0 Å². The molecule has 0 radical (unpaired) electrons. The predicted molar refractivity (Wildman–Crippen MR) is 115 cm³/mol. The van der Waals surface area contributed by atoms with Crippen LogP contribution in [-0.4, -0.2) is 16.5 Å². The van der Waals surface area contributed by atoms with Gasteiger partial charge in [-0.1, -0.05) is 27.7 Å². The Balaban J connectivity index is 1.48. The van der Waals surface area contributed by atoms with Gasteiger partial charge in [-0.2, -0.15) is 0 Å². The van der Waals surface area contributed by atoms with E-state index in [0.717, 1.165) is 55.3 Å². The molecule has 8 atom stereocenters. The Hall–Kier alpha value is -0.370. The number of hydrogen-bond acceptors (Lipinski definition) is 2. The Morgan fingerprint density at radius 1 is 0.929 bits per heavy atom. The van der Waals surface area contributed by atoms with E-state index in [1.54, 1.807) is 0 Å². The van der Waals surface area contributed by atoms with Crippen LogP contribution in [0.25, 0.3) is 0 Å². The van der Waals surface area contributed by atoms with Gasteiger partial charge in [0.2, 0.25) is 0 Å². The fraction of sp³-hybridized carbons (Fsp3) is 0.962. The second kappa shape index (κ2) is 7.10. The van der Waals surface area contributed by atoms with Gasteiger partial charge in [0.1, 0.15) is 5.78 Å². The molecule has 2 heteroatoms. The summed E-state index contributed by atoms with van der Waals surface area (Å²) < 4.78 is 0. The van der Waals surface area contributed by atoms with E-state index >= 15 is 0 Å². The number of aliphatic hydroxyl groups is 1. The van der Waals surface area contributed by atoms with Crippen LogP contribution in [-0.2, 0) is 4.79 Å². The van der Waals surface area contributed by atoms with Gasteiger partial charge in [0.25, 0.3) is 0 Å². The third-order valence-electron chi connectivity index (χ3n) is 10.5. The summed E-state index contributed by atoms with van der Waals surface area (Å²) in [7, 11) is 0. The number of Topliss-reactive ketones (excluding diaryl/α,β-unsaturated/α-hetero) is 1. The van der Waals surface area contributed by atoms with Crippen LogP contribution in [0.2, 0.25) is 0 Å². The van der Waals surface area contributed by atoms with E-state index < -0.39 is 5.60 Å². The van der Waals surface area contributed by atoms with Crippen LogP contribution in [0.5, 0.6) is 0 Å². The van der Waals surface area contributed by atoms with Gasteiger partial charge < -0.3 is 5.11 Å². The van der Waals surface area contributed by atoms with Crippen molar-refractivity contribution in [1.29, 1.82) is 0 Å². The second-order valence-corrected chi connectivity index (χ2v) is 12.3. The smallest absolute Gasteiger partial charge is 0.135 e. The van der Waals surface area contributed by atoms with Gasteiger partial charge >= 0.3 is 0 Å². The van der Waals surface area contributed by atoms with E-state index in [2.05, 4.69) is 20.8 Å². The summed E-state index contributed by atoms with van der Waals surface area (Å²) >= 11 is 0. The normalized spacial score (nSPS) is 50.8. The average Bonchev–Trinajstić information content (AvgIpc) is 2.96. The van der Waals surface area contributed by atoms with E-state index in [-0.39, 0.29) is 5.92 Å². The lowest BCUT2D eigenvalue weighted by molar-refractivity contribution is -0.146. The molecular weight excluding hydrogens is 344 g/mol. The van der Waals surface area contributed by atoms with Gasteiger partial charge in [-0.05, 0) is 112 Å². The van der Waals surface area contributed by atoms with Crippen molar-refractivity contribution < 1.29 is 9.90 Å². The van der Waals surface area contributed by atoms with Crippen LogP contribution in [0, 0.1) is 46.3 Å². The molecule has 0 heterocycles. The van der Waals surface area contributed by atoms with Gasteiger partial charge in [0.05, 0.1) is 5.60 Å². The highest BCUT2D eigenvalue weighted by Crippen LogP contribution is 2.68. The summed E-state index contributed by atoms with van der Waals surface area (Å²) in [4.78, 5) is 12.2. The van der Waals surface area contributed by atoms with Crippen LogP contribution in [0.15, 0.2) is 0 Å².